The molecular formula is C25H36N2O3S. The Morgan fingerprint density at radius 1 is 1.13 bits per heavy atom. The Hall–Kier alpha value is -2.08. The molecule has 31 heavy (non-hydrogen) atoms. The van der Waals surface area contributed by atoms with E-state index in [2.05, 4.69) is 32.7 Å². The number of aryl methyl sites for hydroxylation is 1. The Morgan fingerprint density at radius 2 is 1.77 bits per heavy atom. The molecule has 0 aliphatic carbocycles. The van der Waals surface area contributed by atoms with Gasteiger partial charge >= 0.3 is 5.97 Å². The smallest absolute Gasteiger partial charge is 0.312 e. The first-order chi connectivity index (χ1) is 14.6. The summed E-state index contributed by atoms with van der Waals surface area (Å²) in [7, 11) is 1.76. The maximum atomic E-state index is 12.8. The van der Waals surface area contributed by atoms with Crippen molar-refractivity contribution in [2.75, 3.05) is 12.4 Å². The average Bonchev–Trinajstić information content (AvgIpc) is 2.73. The number of ether oxygens (including phenoxy) is 1. The van der Waals surface area contributed by atoms with E-state index >= 15 is 0 Å². The van der Waals surface area contributed by atoms with Crippen LogP contribution in [-0.2, 0) is 16.6 Å². The lowest BCUT2D eigenvalue weighted by Crippen LogP contribution is -2.39. The summed E-state index contributed by atoms with van der Waals surface area (Å²) in [5.41, 5.74) is 2.10. The van der Waals surface area contributed by atoms with E-state index < -0.39 is 5.41 Å². The summed E-state index contributed by atoms with van der Waals surface area (Å²) >= 11 is 1.55. The maximum absolute atomic E-state index is 12.8. The van der Waals surface area contributed by atoms with Crippen molar-refractivity contribution in [3.63, 3.8) is 0 Å². The molecule has 0 fully saturated rings. The fourth-order valence-corrected chi connectivity index (χ4v) is 4.48. The number of esters is 1. The van der Waals surface area contributed by atoms with E-state index in [1.54, 1.807) is 29.6 Å². The predicted molar refractivity (Wildman–Crippen MR) is 128 cm³/mol. The van der Waals surface area contributed by atoms with Crippen molar-refractivity contribution in [1.82, 2.24) is 9.55 Å². The Morgan fingerprint density at radius 3 is 2.39 bits per heavy atom. The Kier molecular flexibility index (Phi) is 8.92. The zero-order valence-corrected chi connectivity index (χ0v) is 20.7. The van der Waals surface area contributed by atoms with Crippen molar-refractivity contribution >= 4 is 17.7 Å². The third-order valence-corrected chi connectivity index (χ3v) is 7.53. The zero-order valence-electron chi connectivity index (χ0n) is 19.9. The van der Waals surface area contributed by atoms with E-state index in [0.717, 1.165) is 29.7 Å². The van der Waals surface area contributed by atoms with Crippen molar-refractivity contribution in [1.29, 1.82) is 0 Å². The van der Waals surface area contributed by atoms with Crippen molar-refractivity contribution < 1.29 is 9.53 Å². The Labute approximate surface area is 190 Å². The van der Waals surface area contributed by atoms with Gasteiger partial charge in [-0.2, -0.15) is 0 Å². The molecule has 1 heterocycles. The molecule has 6 heteroatoms. The minimum absolute atomic E-state index is 0.0395. The number of carbonyl (C=O) groups is 1. The monoisotopic (exact) mass is 444 g/mol. The third kappa shape index (κ3) is 5.79. The first kappa shape index (κ1) is 25.2. The van der Waals surface area contributed by atoms with Crippen LogP contribution in [0.2, 0.25) is 0 Å². The van der Waals surface area contributed by atoms with E-state index in [1.165, 1.54) is 0 Å². The second-order valence-corrected chi connectivity index (χ2v) is 9.98. The SMILES string of the molecule is Cc1ccccc1-c1cnc(SCCCCOC(=O)C(C)(C(C)C)C(C)C)n(C)c1=O. The van der Waals surface area contributed by atoms with Gasteiger partial charge in [0.05, 0.1) is 17.6 Å². The highest BCUT2D eigenvalue weighted by atomic mass is 32.2. The van der Waals surface area contributed by atoms with Crippen LogP contribution in [0.15, 0.2) is 40.4 Å². The molecule has 170 valence electrons. The van der Waals surface area contributed by atoms with Gasteiger partial charge in [-0.3, -0.25) is 14.2 Å². The number of nitrogens with zero attached hydrogens (tertiary/aromatic N) is 2. The normalized spacial score (nSPS) is 11.9. The third-order valence-electron chi connectivity index (χ3n) is 6.40. The summed E-state index contributed by atoms with van der Waals surface area (Å²) < 4.78 is 7.20. The van der Waals surface area contributed by atoms with Gasteiger partial charge in [-0.05, 0) is 49.7 Å². The van der Waals surface area contributed by atoms with Crippen molar-refractivity contribution in [2.45, 2.75) is 59.5 Å². The van der Waals surface area contributed by atoms with E-state index in [4.69, 9.17) is 4.74 Å². The highest BCUT2D eigenvalue weighted by molar-refractivity contribution is 7.99. The number of unbranched alkanes of at least 4 members (excludes halogenated alkanes) is 1. The lowest BCUT2D eigenvalue weighted by atomic mass is 9.70. The molecule has 2 aromatic rings. The topological polar surface area (TPSA) is 61.2 Å². The first-order valence-electron chi connectivity index (χ1n) is 11.0. The van der Waals surface area contributed by atoms with Crippen LogP contribution in [0, 0.1) is 24.2 Å². The molecule has 0 unspecified atom stereocenters. The van der Waals surface area contributed by atoms with Gasteiger partial charge in [0.1, 0.15) is 0 Å². The molecule has 0 bridgehead atoms. The quantitative estimate of drug-likeness (QED) is 0.210. The molecule has 0 saturated heterocycles. The molecule has 0 radical (unpaired) electrons. The minimum Gasteiger partial charge on any atom is -0.465 e. The van der Waals surface area contributed by atoms with Gasteiger partial charge in [-0.25, -0.2) is 4.98 Å². The second kappa shape index (κ2) is 11.0. The largest absolute Gasteiger partial charge is 0.465 e. The fraction of sp³-hybridized carbons (Fsp3) is 0.560. The van der Waals surface area contributed by atoms with Crippen LogP contribution in [0.5, 0.6) is 0 Å². The van der Waals surface area contributed by atoms with E-state index in [9.17, 15) is 9.59 Å². The lowest BCUT2D eigenvalue weighted by Gasteiger charge is -2.35. The van der Waals surface area contributed by atoms with Gasteiger partial charge in [0.2, 0.25) is 0 Å². The molecule has 1 aromatic carbocycles. The summed E-state index contributed by atoms with van der Waals surface area (Å²) in [6.45, 7) is 12.7. The molecule has 2 rings (SSSR count). The van der Waals surface area contributed by atoms with Crippen LogP contribution in [0.3, 0.4) is 0 Å². The molecule has 0 spiro atoms. The van der Waals surface area contributed by atoms with E-state index in [0.29, 0.717) is 17.3 Å². The van der Waals surface area contributed by atoms with Gasteiger partial charge in [0, 0.05) is 19.0 Å². The zero-order chi connectivity index (χ0) is 23.2. The maximum Gasteiger partial charge on any atom is 0.312 e. The number of rotatable bonds is 10. The van der Waals surface area contributed by atoms with Crippen LogP contribution < -0.4 is 5.56 Å². The highest BCUT2D eigenvalue weighted by Gasteiger charge is 2.41. The number of carbonyl (C=O) groups excluding carboxylic acids is 1. The van der Waals surface area contributed by atoms with E-state index in [-0.39, 0.29) is 23.4 Å². The fourth-order valence-electron chi connectivity index (χ4n) is 3.55. The minimum atomic E-state index is -0.462. The number of aromatic nitrogens is 2. The molecule has 5 nitrogen and oxygen atoms in total. The molecule has 0 amide bonds. The van der Waals surface area contributed by atoms with Crippen molar-refractivity contribution in [3.8, 4) is 11.1 Å². The standard InChI is InChI=1S/C25H36N2O3S/c1-17(2)25(6,18(3)4)23(29)30-14-10-11-15-31-24-26-16-21(22(28)27(24)7)20-13-9-8-12-19(20)5/h8-9,12-13,16-18H,10-11,14-15H2,1-7H3. The summed E-state index contributed by atoms with van der Waals surface area (Å²) in [4.78, 5) is 29.9. The summed E-state index contributed by atoms with van der Waals surface area (Å²) in [6, 6.07) is 7.84. The Balaban J connectivity index is 1.87. The molecule has 1 aromatic heterocycles. The molecular weight excluding hydrogens is 408 g/mol. The van der Waals surface area contributed by atoms with Gasteiger partial charge in [-0.1, -0.05) is 63.7 Å². The van der Waals surface area contributed by atoms with Gasteiger partial charge in [-0.15, -0.1) is 0 Å². The number of hydrogen-bond donors (Lipinski definition) is 0. The molecule has 0 aliphatic heterocycles. The van der Waals surface area contributed by atoms with Crippen LogP contribution in [0.25, 0.3) is 11.1 Å². The Bertz CT molecular complexity index is 942. The van der Waals surface area contributed by atoms with Gasteiger partial charge in [0.25, 0.3) is 5.56 Å². The van der Waals surface area contributed by atoms with Crippen molar-refractivity contribution in [2.24, 2.45) is 24.3 Å². The van der Waals surface area contributed by atoms with Crippen molar-refractivity contribution in [3.05, 3.63) is 46.4 Å². The molecule has 0 atom stereocenters. The van der Waals surface area contributed by atoms with Gasteiger partial charge in [0.15, 0.2) is 5.16 Å². The molecule has 0 N–H and O–H groups in total. The predicted octanol–water partition coefficient (Wildman–Crippen LogP) is 5.49. The summed E-state index contributed by atoms with van der Waals surface area (Å²) in [5.74, 6) is 1.16. The highest BCUT2D eigenvalue weighted by Crippen LogP contribution is 2.36. The van der Waals surface area contributed by atoms with Crippen LogP contribution >= 0.6 is 11.8 Å². The first-order valence-corrected chi connectivity index (χ1v) is 12.0. The van der Waals surface area contributed by atoms with Gasteiger partial charge < -0.3 is 4.74 Å². The number of hydrogen-bond acceptors (Lipinski definition) is 5. The van der Waals surface area contributed by atoms with Crippen LogP contribution in [-0.4, -0.2) is 27.9 Å². The average molecular weight is 445 g/mol. The lowest BCUT2D eigenvalue weighted by molar-refractivity contribution is -0.161. The molecule has 0 saturated carbocycles. The summed E-state index contributed by atoms with van der Waals surface area (Å²) in [6.07, 6.45) is 3.35. The van der Waals surface area contributed by atoms with Crippen LogP contribution in [0.1, 0.15) is 53.0 Å². The number of benzene rings is 1. The molecule has 0 aliphatic rings. The number of thioether (sulfide) groups is 1. The summed E-state index contributed by atoms with van der Waals surface area (Å²) in [5, 5.41) is 0.700. The second-order valence-electron chi connectivity index (χ2n) is 8.92. The van der Waals surface area contributed by atoms with Crippen LogP contribution in [0.4, 0.5) is 0 Å². The van der Waals surface area contributed by atoms with E-state index in [1.807, 2.05) is 38.1 Å².